The molecule has 0 amide bonds. The molecule has 1 aromatic rings. The first-order chi connectivity index (χ1) is 8.08. The molecule has 0 aromatic carbocycles. The highest BCUT2D eigenvalue weighted by Gasteiger charge is 2.21. The number of aromatic amines is 1. The van der Waals surface area contributed by atoms with Crippen LogP contribution in [0.3, 0.4) is 0 Å². The number of hydrogen-bond acceptors (Lipinski definition) is 4. The molecule has 1 aromatic heterocycles. The zero-order valence-corrected chi connectivity index (χ0v) is 10.3. The van der Waals surface area contributed by atoms with E-state index in [9.17, 15) is 4.79 Å². The van der Waals surface area contributed by atoms with Crippen molar-refractivity contribution in [1.29, 1.82) is 0 Å². The third kappa shape index (κ3) is 2.73. The van der Waals surface area contributed by atoms with Crippen LogP contribution in [0.5, 0.6) is 0 Å². The van der Waals surface area contributed by atoms with Crippen LogP contribution in [0, 0.1) is 5.92 Å². The van der Waals surface area contributed by atoms with E-state index >= 15 is 0 Å². The first-order valence-corrected chi connectivity index (χ1v) is 6.03. The highest BCUT2D eigenvalue weighted by atomic mass is 16.5. The predicted molar refractivity (Wildman–Crippen MR) is 64.6 cm³/mol. The summed E-state index contributed by atoms with van der Waals surface area (Å²) >= 11 is 0. The van der Waals surface area contributed by atoms with Crippen molar-refractivity contribution in [2.24, 2.45) is 11.7 Å². The lowest BCUT2D eigenvalue weighted by molar-refractivity contribution is 0.107. The summed E-state index contributed by atoms with van der Waals surface area (Å²) in [6, 6.07) is -0.187. The van der Waals surface area contributed by atoms with E-state index in [1.54, 1.807) is 0 Å². The number of rotatable bonds is 3. The smallest absolute Gasteiger partial charge is 0.345 e. The summed E-state index contributed by atoms with van der Waals surface area (Å²) in [4.78, 5) is 18.3. The lowest BCUT2D eigenvalue weighted by Gasteiger charge is -2.22. The third-order valence-corrected chi connectivity index (χ3v) is 2.97. The molecule has 1 atom stereocenters. The first kappa shape index (κ1) is 12.3. The summed E-state index contributed by atoms with van der Waals surface area (Å²) < 4.78 is 5.41. The maximum Gasteiger partial charge on any atom is 0.345 e. The van der Waals surface area contributed by atoms with E-state index in [2.05, 4.69) is 23.8 Å². The molecule has 0 bridgehead atoms. The molecule has 2 rings (SSSR count). The van der Waals surface area contributed by atoms with Crippen molar-refractivity contribution >= 4 is 0 Å². The van der Waals surface area contributed by atoms with Crippen molar-refractivity contribution < 1.29 is 4.74 Å². The zero-order chi connectivity index (χ0) is 12.4. The number of ether oxygens (including phenoxy) is 1. The maximum absolute atomic E-state index is 11.5. The molecule has 17 heavy (non-hydrogen) atoms. The van der Waals surface area contributed by atoms with Gasteiger partial charge in [-0.2, -0.15) is 4.98 Å². The highest BCUT2D eigenvalue weighted by Crippen LogP contribution is 2.23. The molecule has 2 heterocycles. The van der Waals surface area contributed by atoms with Gasteiger partial charge in [-0.15, -0.1) is 0 Å². The fourth-order valence-electron chi connectivity index (χ4n) is 2.21. The Bertz CT molecular complexity index is 454. The van der Waals surface area contributed by atoms with E-state index < -0.39 is 0 Å². The van der Waals surface area contributed by atoms with E-state index in [1.165, 1.54) is 0 Å². The highest BCUT2D eigenvalue weighted by molar-refractivity contribution is 5.27. The van der Waals surface area contributed by atoms with Crippen molar-refractivity contribution in [2.75, 3.05) is 6.61 Å². The maximum atomic E-state index is 11.5. The second-order valence-electron chi connectivity index (χ2n) is 4.92. The van der Waals surface area contributed by atoms with Crippen molar-refractivity contribution in [3.63, 3.8) is 0 Å². The average molecular weight is 237 g/mol. The second-order valence-corrected chi connectivity index (χ2v) is 4.92. The second kappa shape index (κ2) is 4.98. The van der Waals surface area contributed by atoms with Crippen LogP contribution in [-0.4, -0.2) is 16.6 Å². The van der Waals surface area contributed by atoms with E-state index in [0.717, 1.165) is 24.1 Å². The van der Waals surface area contributed by atoms with Crippen molar-refractivity contribution in [3.05, 3.63) is 27.4 Å². The van der Waals surface area contributed by atoms with Gasteiger partial charge in [0.25, 0.3) is 0 Å². The van der Waals surface area contributed by atoms with Gasteiger partial charge in [0, 0.05) is 23.7 Å². The van der Waals surface area contributed by atoms with E-state index in [0.29, 0.717) is 24.8 Å². The molecule has 0 saturated heterocycles. The normalized spacial score (nSPS) is 16.9. The van der Waals surface area contributed by atoms with Gasteiger partial charge in [0.05, 0.1) is 18.9 Å². The molecule has 0 saturated carbocycles. The topological polar surface area (TPSA) is 81.0 Å². The van der Waals surface area contributed by atoms with E-state index in [1.807, 2.05) is 0 Å². The summed E-state index contributed by atoms with van der Waals surface area (Å²) in [6.45, 7) is 5.36. The molecule has 1 aliphatic heterocycles. The Labute approximate surface area is 100 Å². The monoisotopic (exact) mass is 237 g/mol. The number of fused-ring (bicyclic) bond motifs is 1. The van der Waals surface area contributed by atoms with Gasteiger partial charge >= 0.3 is 5.69 Å². The van der Waals surface area contributed by atoms with Crippen LogP contribution in [0.4, 0.5) is 0 Å². The zero-order valence-electron chi connectivity index (χ0n) is 10.3. The Balaban J connectivity index is 2.38. The predicted octanol–water partition coefficient (Wildman–Crippen LogP) is 0.888. The van der Waals surface area contributed by atoms with Crippen LogP contribution in [0.15, 0.2) is 4.79 Å². The van der Waals surface area contributed by atoms with Gasteiger partial charge in [-0.05, 0) is 12.3 Å². The summed E-state index contributed by atoms with van der Waals surface area (Å²) in [6.07, 6.45) is 1.55. The van der Waals surface area contributed by atoms with Gasteiger partial charge < -0.3 is 15.5 Å². The Morgan fingerprint density at radius 3 is 3.00 bits per heavy atom. The number of nitrogens with zero attached hydrogens (tertiary/aromatic N) is 1. The quantitative estimate of drug-likeness (QED) is 0.818. The van der Waals surface area contributed by atoms with Crippen LogP contribution < -0.4 is 11.4 Å². The van der Waals surface area contributed by atoms with Gasteiger partial charge in [-0.25, -0.2) is 4.79 Å². The molecular formula is C12H19N3O2. The molecule has 0 unspecified atom stereocenters. The van der Waals surface area contributed by atoms with Crippen molar-refractivity contribution in [3.8, 4) is 0 Å². The molecule has 1 aliphatic rings. The molecule has 0 spiro atoms. The summed E-state index contributed by atoms with van der Waals surface area (Å²) in [5.41, 5.74) is 8.43. The number of hydrogen-bond donors (Lipinski definition) is 2. The van der Waals surface area contributed by atoms with Gasteiger partial charge in [0.1, 0.15) is 0 Å². The number of nitrogens with one attached hydrogen (secondary N) is 1. The fraction of sp³-hybridized carbons (Fsp3) is 0.667. The van der Waals surface area contributed by atoms with E-state index in [-0.39, 0.29) is 11.7 Å². The molecule has 0 aliphatic carbocycles. The standard InChI is InChI=1S/C12H19N3O2/c1-7(2)5-9(13)11-8-6-17-4-3-10(8)14-12(16)15-11/h7,9H,3-6,13H2,1-2H3,(H,14,15,16)/t9-/m1/s1. The van der Waals surface area contributed by atoms with Crippen LogP contribution in [0.1, 0.15) is 43.3 Å². The minimum atomic E-state index is -0.306. The van der Waals surface area contributed by atoms with Gasteiger partial charge in [0.2, 0.25) is 0 Å². The van der Waals surface area contributed by atoms with Crippen LogP contribution in [0.2, 0.25) is 0 Å². The fourth-order valence-corrected chi connectivity index (χ4v) is 2.21. The van der Waals surface area contributed by atoms with Crippen LogP contribution >= 0.6 is 0 Å². The average Bonchev–Trinajstić information content (AvgIpc) is 2.26. The van der Waals surface area contributed by atoms with Gasteiger partial charge in [-0.3, -0.25) is 0 Å². The molecule has 5 nitrogen and oxygen atoms in total. The van der Waals surface area contributed by atoms with Crippen LogP contribution in [-0.2, 0) is 17.8 Å². The first-order valence-electron chi connectivity index (χ1n) is 6.03. The summed E-state index contributed by atoms with van der Waals surface area (Å²) in [5.74, 6) is 0.478. The molecule has 5 heteroatoms. The summed E-state index contributed by atoms with van der Waals surface area (Å²) in [5, 5.41) is 0. The molecular weight excluding hydrogens is 218 g/mol. The largest absolute Gasteiger partial charge is 0.376 e. The molecule has 3 N–H and O–H groups in total. The van der Waals surface area contributed by atoms with Gasteiger partial charge in [0.15, 0.2) is 0 Å². The minimum absolute atomic E-state index is 0.187. The molecule has 0 radical (unpaired) electrons. The minimum Gasteiger partial charge on any atom is -0.376 e. The Morgan fingerprint density at radius 2 is 2.29 bits per heavy atom. The van der Waals surface area contributed by atoms with Crippen LogP contribution in [0.25, 0.3) is 0 Å². The Morgan fingerprint density at radius 1 is 1.53 bits per heavy atom. The third-order valence-electron chi connectivity index (χ3n) is 2.97. The number of aromatic nitrogens is 2. The number of H-pyrrole nitrogens is 1. The van der Waals surface area contributed by atoms with E-state index in [4.69, 9.17) is 10.5 Å². The Kier molecular flexibility index (Phi) is 3.59. The molecule has 0 fully saturated rings. The summed E-state index contributed by atoms with van der Waals surface area (Å²) in [7, 11) is 0. The lowest BCUT2D eigenvalue weighted by atomic mass is 9.97. The SMILES string of the molecule is CC(C)C[C@@H](N)c1nc(=O)[nH]c2c1COCC2. The van der Waals surface area contributed by atoms with Crippen molar-refractivity contribution in [2.45, 2.75) is 39.3 Å². The van der Waals surface area contributed by atoms with Crippen molar-refractivity contribution in [1.82, 2.24) is 9.97 Å². The lowest BCUT2D eigenvalue weighted by Crippen LogP contribution is -2.28. The van der Waals surface area contributed by atoms with Gasteiger partial charge in [-0.1, -0.05) is 13.8 Å². The Hall–Kier alpha value is -1.20. The number of nitrogens with two attached hydrogens (primary N) is 1. The molecule has 94 valence electrons.